The fourth-order valence-electron chi connectivity index (χ4n) is 5.48. The molecule has 238 valence electrons. The molecule has 0 radical (unpaired) electrons. The fourth-order valence-corrected chi connectivity index (χ4v) is 6.23. The molecule has 5 aromatic carbocycles. The molecule has 0 aliphatic carbocycles. The van der Waals surface area contributed by atoms with Crippen molar-refractivity contribution in [2.75, 3.05) is 11.9 Å². The van der Waals surface area contributed by atoms with Crippen molar-refractivity contribution in [1.29, 1.82) is 0 Å². The largest absolute Gasteiger partial charge is 0.476 e. The number of carbonyl (C=O) groups excluding carboxylic acids is 1. The number of ether oxygens (including phenoxy) is 1. The van der Waals surface area contributed by atoms with Crippen LogP contribution in [0.3, 0.4) is 0 Å². The molecule has 0 spiro atoms. The van der Waals surface area contributed by atoms with Crippen LogP contribution >= 0.6 is 11.3 Å². The van der Waals surface area contributed by atoms with Crippen LogP contribution in [0.15, 0.2) is 162 Å². The number of rotatable bonds is 13. The maximum Gasteiger partial charge on any atom is 0.360 e. The molecule has 2 N–H and O–H groups in total. The highest BCUT2D eigenvalue weighted by atomic mass is 32.1. The van der Waals surface area contributed by atoms with Gasteiger partial charge in [0.25, 0.3) is 0 Å². The maximum atomic E-state index is 12.9. The van der Waals surface area contributed by atoms with Crippen molar-refractivity contribution in [3.63, 3.8) is 0 Å². The fraction of sp³-hybridized carbons (Fsp3) is 0.0769. The monoisotopic (exact) mass is 653 g/mol. The Morgan fingerprint density at radius 1 is 0.708 bits per heavy atom. The van der Waals surface area contributed by atoms with Gasteiger partial charge in [-0.25, -0.2) is 14.6 Å². The molecule has 0 aliphatic rings. The van der Waals surface area contributed by atoms with Gasteiger partial charge in [0.2, 0.25) is 12.3 Å². The number of anilines is 1. The van der Waals surface area contributed by atoms with E-state index in [2.05, 4.69) is 15.5 Å². The Morgan fingerprint density at radius 2 is 1.15 bits per heavy atom. The number of thiazole rings is 1. The van der Waals surface area contributed by atoms with Crippen LogP contribution in [0.1, 0.15) is 39.6 Å². The third kappa shape index (κ3) is 7.16. The third-order valence-corrected chi connectivity index (χ3v) is 8.41. The van der Waals surface area contributed by atoms with Crippen molar-refractivity contribution >= 4 is 34.1 Å². The number of hydrogen-bond acceptors (Lipinski definition) is 8. The molecule has 1 heterocycles. The average molecular weight is 654 g/mol. The lowest BCUT2D eigenvalue weighted by Crippen LogP contribution is -2.38. The third-order valence-electron chi connectivity index (χ3n) is 7.66. The Bertz CT molecular complexity index is 1830. The van der Waals surface area contributed by atoms with Crippen LogP contribution in [0.4, 0.5) is 5.13 Å². The highest BCUT2D eigenvalue weighted by molar-refractivity contribution is 7.14. The zero-order valence-corrected chi connectivity index (χ0v) is 26.5. The van der Waals surface area contributed by atoms with E-state index >= 15 is 0 Å². The van der Waals surface area contributed by atoms with E-state index in [0.29, 0.717) is 5.13 Å². The zero-order chi connectivity index (χ0) is 33.2. The Kier molecular flexibility index (Phi) is 9.98. The Morgan fingerprint density at radius 3 is 1.58 bits per heavy atom. The SMILES string of the molecule is O=C(CO/N=C(\C(=O)O)c1csc(NC(c2ccccc2)(c2ccccc2)c2ccccc2)n1)OC(c1ccccc1)c1ccccc1. The number of aliphatic carboxylic acids is 1. The second-order valence-corrected chi connectivity index (χ2v) is 11.6. The number of nitrogens with zero attached hydrogens (tertiary/aromatic N) is 2. The van der Waals surface area contributed by atoms with Crippen LogP contribution in [0, 0.1) is 0 Å². The molecule has 0 saturated heterocycles. The summed E-state index contributed by atoms with van der Waals surface area (Å²) in [5.74, 6) is -2.06. The van der Waals surface area contributed by atoms with Crippen molar-refractivity contribution in [3.05, 3.63) is 191 Å². The summed E-state index contributed by atoms with van der Waals surface area (Å²) in [5, 5.41) is 19.5. The Hall–Kier alpha value is -6.06. The predicted octanol–water partition coefficient (Wildman–Crippen LogP) is 7.69. The van der Waals surface area contributed by atoms with E-state index in [4.69, 9.17) is 9.57 Å². The summed E-state index contributed by atoms with van der Waals surface area (Å²) in [6.07, 6.45) is -0.669. The number of esters is 1. The first-order valence-electron chi connectivity index (χ1n) is 15.2. The molecule has 0 amide bonds. The molecule has 6 aromatic rings. The molecule has 48 heavy (non-hydrogen) atoms. The smallest absolute Gasteiger partial charge is 0.360 e. The molecule has 9 heteroatoms. The zero-order valence-electron chi connectivity index (χ0n) is 25.7. The number of oxime groups is 1. The highest BCUT2D eigenvalue weighted by Crippen LogP contribution is 2.40. The van der Waals surface area contributed by atoms with Crippen molar-refractivity contribution in [2.24, 2.45) is 5.16 Å². The summed E-state index contributed by atoms with van der Waals surface area (Å²) in [6, 6.07) is 48.6. The predicted molar refractivity (Wildman–Crippen MR) is 186 cm³/mol. The summed E-state index contributed by atoms with van der Waals surface area (Å²) in [5.41, 5.74) is 3.26. The second kappa shape index (κ2) is 15.0. The summed E-state index contributed by atoms with van der Waals surface area (Å²) < 4.78 is 5.75. The molecule has 0 fully saturated rings. The lowest BCUT2D eigenvalue weighted by molar-refractivity contribution is -0.153. The molecule has 0 unspecified atom stereocenters. The van der Waals surface area contributed by atoms with Gasteiger partial charge in [-0.15, -0.1) is 11.3 Å². The molecule has 8 nitrogen and oxygen atoms in total. The number of carboxylic acids is 1. The first-order chi connectivity index (χ1) is 23.5. The average Bonchev–Trinajstić information content (AvgIpc) is 3.61. The second-order valence-electron chi connectivity index (χ2n) is 10.7. The minimum Gasteiger partial charge on any atom is -0.476 e. The van der Waals surface area contributed by atoms with Gasteiger partial charge < -0.3 is 20.0 Å². The van der Waals surface area contributed by atoms with Crippen molar-refractivity contribution < 1.29 is 24.3 Å². The van der Waals surface area contributed by atoms with E-state index in [-0.39, 0.29) is 5.69 Å². The Labute approximate surface area is 282 Å². The molecular weight excluding hydrogens is 623 g/mol. The number of benzene rings is 5. The van der Waals surface area contributed by atoms with E-state index in [1.807, 2.05) is 152 Å². The van der Waals surface area contributed by atoms with Crippen molar-refractivity contribution in [1.82, 2.24) is 4.98 Å². The number of carboxylic acid groups (broad SMARTS) is 1. The van der Waals surface area contributed by atoms with E-state index < -0.39 is 35.9 Å². The minimum atomic E-state index is -1.35. The van der Waals surface area contributed by atoms with Gasteiger partial charge in [-0.3, -0.25) is 0 Å². The van der Waals surface area contributed by atoms with Crippen LogP contribution in [0.25, 0.3) is 0 Å². The summed E-state index contributed by atoms with van der Waals surface area (Å²) >= 11 is 1.24. The van der Waals surface area contributed by atoms with Gasteiger partial charge in [-0.1, -0.05) is 157 Å². The quantitative estimate of drug-likeness (QED) is 0.0569. The molecule has 1 aromatic heterocycles. The van der Waals surface area contributed by atoms with E-state index in [1.54, 1.807) is 5.38 Å². The lowest BCUT2D eigenvalue weighted by atomic mass is 9.77. The molecule has 0 atom stereocenters. The normalized spacial score (nSPS) is 11.6. The van der Waals surface area contributed by atoms with Crippen LogP contribution < -0.4 is 5.32 Å². The molecule has 6 rings (SSSR count). The van der Waals surface area contributed by atoms with Crippen LogP contribution in [-0.2, 0) is 24.7 Å². The number of hydrogen-bond donors (Lipinski definition) is 2. The molecule has 0 bridgehead atoms. The summed E-state index contributed by atoms with van der Waals surface area (Å²) in [6.45, 7) is -0.596. The van der Waals surface area contributed by atoms with E-state index in [1.165, 1.54) is 11.3 Å². The van der Waals surface area contributed by atoms with Crippen LogP contribution in [0.5, 0.6) is 0 Å². The first kappa shape index (κ1) is 31.9. The van der Waals surface area contributed by atoms with E-state index in [9.17, 15) is 14.7 Å². The highest BCUT2D eigenvalue weighted by Gasteiger charge is 2.37. The van der Waals surface area contributed by atoms with Gasteiger partial charge in [-0.2, -0.15) is 0 Å². The minimum absolute atomic E-state index is 0.0814. The number of nitrogens with one attached hydrogen (secondary N) is 1. The number of carbonyl (C=O) groups is 2. The molecular formula is C39H31N3O5S. The van der Waals surface area contributed by atoms with Crippen molar-refractivity contribution in [2.45, 2.75) is 11.6 Å². The standard InChI is InChI=1S/C39H31N3O5S/c43-34(47-36(28-16-6-1-7-17-28)29-18-8-2-9-19-29)26-46-42-35(37(44)45)33-27-48-38(40-33)41-39(30-20-10-3-11-21-30,31-22-12-4-13-23-31)32-24-14-5-15-25-32/h1-25,27,36H,26H2,(H,40,41)(H,44,45)/b42-35-. The van der Waals surface area contributed by atoms with Crippen LogP contribution in [-0.4, -0.2) is 34.3 Å². The van der Waals surface area contributed by atoms with E-state index in [0.717, 1.165) is 27.8 Å². The Balaban J connectivity index is 1.24. The molecule has 0 aliphatic heterocycles. The topological polar surface area (TPSA) is 110 Å². The first-order valence-corrected chi connectivity index (χ1v) is 16.1. The van der Waals surface area contributed by atoms with Gasteiger partial charge >= 0.3 is 11.9 Å². The van der Waals surface area contributed by atoms with Gasteiger partial charge in [0.15, 0.2) is 11.2 Å². The summed E-state index contributed by atoms with van der Waals surface area (Å²) in [7, 11) is 0. The maximum absolute atomic E-state index is 12.9. The molecule has 0 saturated carbocycles. The van der Waals surface area contributed by atoms with Gasteiger partial charge in [0.05, 0.1) is 0 Å². The van der Waals surface area contributed by atoms with Gasteiger partial charge in [0, 0.05) is 5.38 Å². The lowest BCUT2D eigenvalue weighted by Gasteiger charge is -2.36. The van der Waals surface area contributed by atoms with Gasteiger partial charge in [0.1, 0.15) is 11.2 Å². The van der Waals surface area contributed by atoms with Crippen molar-refractivity contribution in [3.8, 4) is 0 Å². The number of aromatic nitrogens is 1. The van der Waals surface area contributed by atoms with Crippen LogP contribution in [0.2, 0.25) is 0 Å². The van der Waals surface area contributed by atoms with Gasteiger partial charge in [-0.05, 0) is 27.8 Å². The summed E-state index contributed by atoms with van der Waals surface area (Å²) in [4.78, 5) is 35.0.